The van der Waals surface area contributed by atoms with Crippen molar-refractivity contribution in [1.29, 1.82) is 0 Å². The van der Waals surface area contributed by atoms with E-state index in [0.29, 0.717) is 35.1 Å². The van der Waals surface area contributed by atoms with Crippen molar-refractivity contribution in [1.82, 2.24) is 19.4 Å². The number of aromatic nitrogens is 3. The lowest BCUT2D eigenvalue weighted by atomic mass is 10.1. The molecule has 7 rings (SSSR count). The van der Waals surface area contributed by atoms with E-state index in [9.17, 15) is 13.2 Å². The Kier molecular flexibility index (Phi) is 4.56. The SMILES string of the molecule is CC(C)c1nc(-c2cnc(N)c(OC(F)(F)F)c2)cn1[C@]12C3C(N4CCCOCC4)C[C@H]1[C@@H]32. The molecule has 3 heterocycles. The second-order valence-corrected chi connectivity index (χ2v) is 10.0. The molecule has 5 fully saturated rings. The van der Waals surface area contributed by atoms with Crippen LogP contribution in [0.4, 0.5) is 19.0 Å². The van der Waals surface area contributed by atoms with Crippen molar-refractivity contribution in [3.63, 3.8) is 0 Å². The number of pyridine rings is 1. The molecule has 178 valence electrons. The van der Waals surface area contributed by atoms with Crippen molar-refractivity contribution in [3.05, 3.63) is 24.3 Å². The molecule has 0 aromatic carbocycles. The lowest BCUT2D eigenvalue weighted by Crippen LogP contribution is -2.37. The standard InChI is InChI=1S/C23H28F3N5O2/c1-12(2)21-29-15(13-8-17(20(27)28-10-13)33-23(24,25)26)11-31(21)22-14-9-16(19(22)18(14)22)30-4-3-6-32-7-5-30/h8,10-12,14,16,18-19H,3-7,9H2,1-2H3,(H2,27,28)/t14-,16?,18-,19?,22+/m0/s1. The zero-order valence-electron chi connectivity index (χ0n) is 18.7. The zero-order valence-corrected chi connectivity index (χ0v) is 18.7. The van der Waals surface area contributed by atoms with Crippen LogP contribution >= 0.6 is 0 Å². The highest BCUT2D eigenvalue weighted by Crippen LogP contribution is 2.89. The molecule has 2 bridgehead atoms. The molecule has 4 saturated carbocycles. The molecule has 33 heavy (non-hydrogen) atoms. The number of fused-ring (bicyclic) bond motifs is 1. The predicted molar refractivity (Wildman–Crippen MR) is 115 cm³/mol. The number of rotatable bonds is 5. The number of anilines is 1. The number of alkyl halides is 3. The minimum absolute atomic E-state index is 0.120. The Morgan fingerprint density at radius 3 is 2.79 bits per heavy atom. The van der Waals surface area contributed by atoms with Crippen molar-refractivity contribution >= 4 is 5.82 Å². The molecule has 1 saturated heterocycles. The molecule has 7 nitrogen and oxygen atoms in total. The molecule has 1 aliphatic heterocycles. The number of nitrogens with zero attached hydrogens (tertiary/aromatic N) is 4. The topological polar surface area (TPSA) is 78.4 Å². The molecule has 4 aliphatic carbocycles. The van der Waals surface area contributed by atoms with Gasteiger partial charge in [0, 0.05) is 55.5 Å². The Morgan fingerprint density at radius 2 is 2.06 bits per heavy atom. The van der Waals surface area contributed by atoms with Crippen molar-refractivity contribution in [2.45, 2.75) is 50.6 Å². The summed E-state index contributed by atoms with van der Waals surface area (Å²) in [7, 11) is 0. The van der Waals surface area contributed by atoms with Gasteiger partial charge in [0.15, 0.2) is 11.6 Å². The monoisotopic (exact) mass is 463 g/mol. The molecule has 0 spiro atoms. The maximum Gasteiger partial charge on any atom is 0.573 e. The van der Waals surface area contributed by atoms with Crippen molar-refractivity contribution < 1.29 is 22.6 Å². The Morgan fingerprint density at radius 1 is 1.24 bits per heavy atom. The van der Waals surface area contributed by atoms with Gasteiger partial charge in [0.25, 0.3) is 0 Å². The molecule has 2 N–H and O–H groups in total. The van der Waals surface area contributed by atoms with Gasteiger partial charge in [-0.15, -0.1) is 13.2 Å². The smallest absolute Gasteiger partial charge is 0.402 e. The summed E-state index contributed by atoms with van der Waals surface area (Å²) in [6.45, 7) is 7.91. The maximum atomic E-state index is 12.8. The minimum atomic E-state index is -4.84. The number of halogens is 3. The van der Waals surface area contributed by atoms with Crippen LogP contribution < -0.4 is 10.5 Å². The summed E-state index contributed by atoms with van der Waals surface area (Å²) >= 11 is 0. The summed E-state index contributed by atoms with van der Waals surface area (Å²) < 4.78 is 50.4. The van der Waals surface area contributed by atoms with Gasteiger partial charge >= 0.3 is 6.36 Å². The first-order valence-corrected chi connectivity index (χ1v) is 11.6. The Labute approximate surface area is 190 Å². The maximum absolute atomic E-state index is 12.8. The molecular formula is C23H28F3N5O2. The average Bonchev–Trinajstić information content (AvgIpc) is 3.40. The average molecular weight is 464 g/mol. The molecule has 2 aromatic rings. The molecule has 0 radical (unpaired) electrons. The molecule has 0 amide bonds. The lowest BCUT2D eigenvalue weighted by molar-refractivity contribution is -0.274. The van der Waals surface area contributed by atoms with Gasteiger partial charge in [-0.25, -0.2) is 9.97 Å². The van der Waals surface area contributed by atoms with Gasteiger partial charge in [-0.1, -0.05) is 13.8 Å². The van der Waals surface area contributed by atoms with Crippen LogP contribution in [0.5, 0.6) is 5.75 Å². The van der Waals surface area contributed by atoms with Crippen LogP contribution in [0.15, 0.2) is 18.5 Å². The van der Waals surface area contributed by atoms with Gasteiger partial charge in [-0.2, -0.15) is 0 Å². The number of nitrogens with two attached hydrogens (primary N) is 1. The van der Waals surface area contributed by atoms with Crippen LogP contribution in [0.3, 0.4) is 0 Å². The molecule has 5 atom stereocenters. The third-order valence-electron chi connectivity index (χ3n) is 7.97. The fourth-order valence-corrected chi connectivity index (χ4v) is 6.64. The first-order chi connectivity index (χ1) is 15.7. The third-order valence-corrected chi connectivity index (χ3v) is 7.97. The van der Waals surface area contributed by atoms with Crippen LogP contribution in [0.1, 0.15) is 38.4 Å². The Bertz CT molecular complexity index is 1070. The van der Waals surface area contributed by atoms with Crippen molar-refractivity contribution in [3.8, 4) is 17.0 Å². The second-order valence-electron chi connectivity index (χ2n) is 10.0. The summed E-state index contributed by atoms with van der Waals surface area (Å²) in [6.07, 6.45) is 0.898. The number of nitrogen functional groups attached to an aromatic ring is 1. The van der Waals surface area contributed by atoms with Gasteiger partial charge in [-0.3, -0.25) is 4.90 Å². The van der Waals surface area contributed by atoms with Crippen LogP contribution in [0.2, 0.25) is 0 Å². The number of hydrogen-bond acceptors (Lipinski definition) is 6. The zero-order chi connectivity index (χ0) is 23.1. The Balaban J connectivity index is 1.31. The summed E-state index contributed by atoms with van der Waals surface area (Å²) in [5, 5.41) is 0. The van der Waals surface area contributed by atoms with E-state index in [1.54, 1.807) is 0 Å². The largest absolute Gasteiger partial charge is 0.573 e. The van der Waals surface area contributed by atoms with Gasteiger partial charge in [0.2, 0.25) is 0 Å². The van der Waals surface area contributed by atoms with Gasteiger partial charge in [0.1, 0.15) is 5.82 Å². The van der Waals surface area contributed by atoms with E-state index >= 15 is 0 Å². The van der Waals surface area contributed by atoms with Crippen LogP contribution in [-0.4, -0.2) is 58.1 Å². The highest BCUT2D eigenvalue weighted by Gasteiger charge is 2.93. The fourth-order valence-electron chi connectivity index (χ4n) is 6.64. The van der Waals surface area contributed by atoms with E-state index in [1.165, 1.54) is 18.7 Å². The fraction of sp³-hybridized carbons (Fsp3) is 0.652. The minimum Gasteiger partial charge on any atom is -0.402 e. The summed E-state index contributed by atoms with van der Waals surface area (Å²) in [5.41, 5.74) is 6.80. The lowest BCUT2D eigenvalue weighted by Gasteiger charge is -2.27. The predicted octanol–water partition coefficient (Wildman–Crippen LogP) is 3.62. The van der Waals surface area contributed by atoms with E-state index in [4.69, 9.17) is 15.5 Å². The van der Waals surface area contributed by atoms with Crippen LogP contribution in [-0.2, 0) is 10.3 Å². The van der Waals surface area contributed by atoms with Crippen LogP contribution in [0.25, 0.3) is 11.3 Å². The summed E-state index contributed by atoms with van der Waals surface area (Å²) in [6, 6.07) is 1.86. The molecular weight excluding hydrogens is 435 g/mol. The quantitative estimate of drug-likeness (QED) is 0.730. The highest BCUT2D eigenvalue weighted by molar-refractivity contribution is 5.64. The number of ether oxygens (including phenoxy) is 2. The summed E-state index contributed by atoms with van der Waals surface area (Å²) in [5.74, 6) is 2.31. The van der Waals surface area contributed by atoms with Gasteiger partial charge in [-0.05, 0) is 30.7 Å². The molecule has 2 unspecified atom stereocenters. The molecule has 2 aromatic heterocycles. The first-order valence-electron chi connectivity index (χ1n) is 11.6. The summed E-state index contributed by atoms with van der Waals surface area (Å²) in [4.78, 5) is 11.4. The van der Waals surface area contributed by atoms with E-state index in [-0.39, 0.29) is 17.3 Å². The van der Waals surface area contributed by atoms with E-state index in [1.807, 2.05) is 6.20 Å². The van der Waals surface area contributed by atoms with E-state index in [0.717, 1.165) is 38.5 Å². The molecule has 5 aliphatic rings. The first kappa shape index (κ1) is 21.2. The number of imidazole rings is 1. The molecule has 10 heteroatoms. The number of hydrogen-bond donors (Lipinski definition) is 1. The Hall–Kier alpha value is -2.33. The van der Waals surface area contributed by atoms with Gasteiger partial charge < -0.3 is 19.8 Å². The second kappa shape index (κ2) is 7.09. The van der Waals surface area contributed by atoms with E-state index in [2.05, 4.69) is 33.0 Å². The van der Waals surface area contributed by atoms with Crippen molar-refractivity contribution in [2.24, 2.45) is 17.8 Å². The normalized spacial score (nSPS) is 33.2. The van der Waals surface area contributed by atoms with Crippen LogP contribution in [0, 0.1) is 17.8 Å². The third kappa shape index (κ3) is 3.17. The highest BCUT2D eigenvalue weighted by atomic mass is 19.4. The van der Waals surface area contributed by atoms with Gasteiger partial charge in [0.05, 0.1) is 17.8 Å². The van der Waals surface area contributed by atoms with E-state index < -0.39 is 12.1 Å². The van der Waals surface area contributed by atoms with Crippen molar-refractivity contribution in [2.75, 3.05) is 32.0 Å².